The van der Waals surface area contributed by atoms with Crippen molar-refractivity contribution >= 4 is 11.0 Å². The van der Waals surface area contributed by atoms with Gasteiger partial charge >= 0.3 is 0 Å². The van der Waals surface area contributed by atoms with Gasteiger partial charge in [-0.3, -0.25) is 0 Å². The average Bonchev–Trinajstić information content (AvgIpc) is 2.67. The number of nitrogens with one attached hydrogen (secondary N) is 1. The summed E-state index contributed by atoms with van der Waals surface area (Å²) in [4.78, 5) is 8.09. The fourth-order valence-corrected chi connectivity index (χ4v) is 2.57. The fourth-order valence-electron chi connectivity index (χ4n) is 2.57. The van der Waals surface area contributed by atoms with Crippen LogP contribution in [0.15, 0.2) is 24.3 Å². The van der Waals surface area contributed by atoms with E-state index in [9.17, 15) is 0 Å². The molecular weight excluding hydrogens is 208 g/mol. The van der Waals surface area contributed by atoms with Gasteiger partial charge in [0.15, 0.2) is 0 Å². The average molecular weight is 230 g/mol. The highest BCUT2D eigenvalue weighted by Crippen LogP contribution is 2.24. The largest absolute Gasteiger partial charge is 0.342 e. The SMILES string of the molecule is CC(C)C(Cc1nc2ccccc2[nH]1)C(C)C. The van der Waals surface area contributed by atoms with Crippen LogP contribution in [0.3, 0.4) is 0 Å². The summed E-state index contributed by atoms with van der Waals surface area (Å²) < 4.78 is 0. The standard InChI is InChI=1S/C15H22N2/c1-10(2)12(11(3)4)9-15-16-13-7-5-6-8-14(13)17-15/h5-8,10-12H,9H2,1-4H3,(H,16,17). The maximum absolute atomic E-state index is 4.66. The lowest BCUT2D eigenvalue weighted by Crippen LogP contribution is -2.18. The van der Waals surface area contributed by atoms with Crippen LogP contribution >= 0.6 is 0 Å². The zero-order chi connectivity index (χ0) is 12.4. The number of imidazole rings is 1. The lowest BCUT2D eigenvalue weighted by atomic mass is 9.83. The second kappa shape index (κ2) is 4.91. The van der Waals surface area contributed by atoms with Crippen molar-refractivity contribution in [1.82, 2.24) is 9.97 Å². The van der Waals surface area contributed by atoms with E-state index in [4.69, 9.17) is 0 Å². The normalized spacial score (nSPS) is 12.2. The molecule has 0 aliphatic rings. The van der Waals surface area contributed by atoms with Crippen LogP contribution in [-0.2, 0) is 6.42 Å². The van der Waals surface area contributed by atoms with Crippen molar-refractivity contribution in [2.75, 3.05) is 0 Å². The highest BCUT2D eigenvalue weighted by Gasteiger charge is 2.19. The molecule has 0 amide bonds. The number of benzene rings is 1. The van der Waals surface area contributed by atoms with E-state index in [0.29, 0.717) is 17.8 Å². The Bertz CT molecular complexity index is 441. The van der Waals surface area contributed by atoms with Crippen LogP contribution in [0.4, 0.5) is 0 Å². The molecule has 0 bridgehead atoms. The number of nitrogens with zero attached hydrogens (tertiary/aromatic N) is 1. The molecule has 17 heavy (non-hydrogen) atoms. The van der Waals surface area contributed by atoms with Crippen molar-refractivity contribution in [1.29, 1.82) is 0 Å². The molecular formula is C15H22N2. The third-order valence-electron chi connectivity index (χ3n) is 3.58. The number of hydrogen-bond donors (Lipinski definition) is 1. The first-order chi connectivity index (χ1) is 8.08. The van der Waals surface area contributed by atoms with Gasteiger partial charge in [-0.25, -0.2) is 4.98 Å². The number of aromatic amines is 1. The zero-order valence-corrected chi connectivity index (χ0v) is 11.2. The Hall–Kier alpha value is -1.31. The van der Waals surface area contributed by atoms with Gasteiger partial charge in [0.1, 0.15) is 5.82 Å². The van der Waals surface area contributed by atoms with E-state index in [1.165, 1.54) is 0 Å². The molecule has 0 atom stereocenters. The first-order valence-corrected chi connectivity index (χ1v) is 6.51. The molecule has 2 aromatic rings. The quantitative estimate of drug-likeness (QED) is 0.844. The van der Waals surface area contributed by atoms with Crippen molar-refractivity contribution in [2.45, 2.75) is 34.1 Å². The molecule has 0 fully saturated rings. The predicted octanol–water partition coefficient (Wildman–Crippen LogP) is 4.03. The Morgan fingerprint density at radius 2 is 1.71 bits per heavy atom. The molecule has 2 heteroatoms. The summed E-state index contributed by atoms with van der Waals surface area (Å²) in [7, 11) is 0. The topological polar surface area (TPSA) is 28.7 Å². The molecule has 2 nitrogen and oxygen atoms in total. The van der Waals surface area contributed by atoms with Crippen LogP contribution in [0.25, 0.3) is 11.0 Å². The molecule has 0 saturated carbocycles. The predicted molar refractivity (Wildman–Crippen MR) is 73.0 cm³/mol. The molecule has 2 rings (SSSR count). The van der Waals surface area contributed by atoms with Crippen molar-refractivity contribution in [3.8, 4) is 0 Å². The first-order valence-electron chi connectivity index (χ1n) is 6.51. The molecule has 0 aliphatic carbocycles. The number of para-hydroxylation sites is 2. The van der Waals surface area contributed by atoms with E-state index >= 15 is 0 Å². The lowest BCUT2D eigenvalue weighted by molar-refractivity contribution is 0.282. The maximum atomic E-state index is 4.66. The van der Waals surface area contributed by atoms with Gasteiger partial charge in [-0.15, -0.1) is 0 Å². The number of fused-ring (bicyclic) bond motifs is 1. The van der Waals surface area contributed by atoms with Gasteiger partial charge in [0.25, 0.3) is 0 Å². The highest BCUT2D eigenvalue weighted by atomic mass is 14.9. The molecule has 0 aliphatic heterocycles. The Morgan fingerprint density at radius 3 is 2.29 bits per heavy atom. The van der Waals surface area contributed by atoms with Crippen LogP contribution < -0.4 is 0 Å². The van der Waals surface area contributed by atoms with Crippen LogP contribution in [0.5, 0.6) is 0 Å². The summed E-state index contributed by atoms with van der Waals surface area (Å²) in [5.41, 5.74) is 2.22. The van der Waals surface area contributed by atoms with Crippen LogP contribution in [-0.4, -0.2) is 9.97 Å². The van der Waals surface area contributed by atoms with Crippen LogP contribution in [0, 0.1) is 17.8 Å². The van der Waals surface area contributed by atoms with Crippen molar-refractivity contribution in [3.63, 3.8) is 0 Å². The second-order valence-corrected chi connectivity index (χ2v) is 5.56. The van der Waals surface area contributed by atoms with Gasteiger partial charge in [0, 0.05) is 6.42 Å². The minimum atomic E-state index is 0.690. The Kier molecular flexibility index (Phi) is 3.51. The smallest absolute Gasteiger partial charge is 0.107 e. The molecule has 92 valence electrons. The van der Waals surface area contributed by atoms with Crippen molar-refractivity contribution < 1.29 is 0 Å². The number of hydrogen-bond acceptors (Lipinski definition) is 1. The molecule has 1 aromatic carbocycles. The van der Waals surface area contributed by atoms with E-state index in [-0.39, 0.29) is 0 Å². The fraction of sp³-hybridized carbons (Fsp3) is 0.533. The second-order valence-electron chi connectivity index (χ2n) is 5.56. The summed E-state index contributed by atoms with van der Waals surface area (Å²) >= 11 is 0. The third-order valence-corrected chi connectivity index (χ3v) is 3.58. The Morgan fingerprint density at radius 1 is 1.06 bits per heavy atom. The van der Waals surface area contributed by atoms with Gasteiger partial charge in [-0.05, 0) is 29.9 Å². The van der Waals surface area contributed by atoms with Gasteiger partial charge < -0.3 is 4.98 Å². The summed E-state index contributed by atoms with van der Waals surface area (Å²) in [6.07, 6.45) is 1.05. The summed E-state index contributed by atoms with van der Waals surface area (Å²) in [5, 5.41) is 0. The summed E-state index contributed by atoms with van der Waals surface area (Å²) in [5.74, 6) is 3.21. The third kappa shape index (κ3) is 2.68. The summed E-state index contributed by atoms with van der Waals surface area (Å²) in [6.45, 7) is 9.20. The lowest BCUT2D eigenvalue weighted by Gasteiger charge is -2.23. The number of H-pyrrole nitrogens is 1. The van der Waals surface area contributed by atoms with Gasteiger partial charge in [-0.1, -0.05) is 39.8 Å². The van der Waals surface area contributed by atoms with Crippen molar-refractivity contribution in [2.24, 2.45) is 17.8 Å². The van der Waals surface area contributed by atoms with Gasteiger partial charge in [0.05, 0.1) is 11.0 Å². The molecule has 0 radical (unpaired) electrons. The van der Waals surface area contributed by atoms with Crippen LogP contribution in [0.2, 0.25) is 0 Å². The zero-order valence-electron chi connectivity index (χ0n) is 11.2. The highest BCUT2D eigenvalue weighted by molar-refractivity contribution is 5.74. The van der Waals surface area contributed by atoms with E-state index in [0.717, 1.165) is 23.3 Å². The molecule has 0 spiro atoms. The number of aromatic nitrogens is 2. The van der Waals surface area contributed by atoms with Gasteiger partial charge in [-0.2, -0.15) is 0 Å². The Balaban J connectivity index is 2.22. The molecule has 1 aromatic heterocycles. The van der Waals surface area contributed by atoms with Crippen molar-refractivity contribution in [3.05, 3.63) is 30.1 Å². The summed E-state index contributed by atoms with van der Waals surface area (Å²) in [6, 6.07) is 8.24. The van der Waals surface area contributed by atoms with E-state index in [2.05, 4.69) is 49.8 Å². The van der Waals surface area contributed by atoms with E-state index in [1.807, 2.05) is 12.1 Å². The van der Waals surface area contributed by atoms with E-state index < -0.39 is 0 Å². The maximum Gasteiger partial charge on any atom is 0.107 e. The van der Waals surface area contributed by atoms with Gasteiger partial charge in [0.2, 0.25) is 0 Å². The minimum absolute atomic E-state index is 0.690. The first kappa shape index (κ1) is 12.2. The Labute approximate surface area is 103 Å². The van der Waals surface area contributed by atoms with E-state index in [1.54, 1.807) is 0 Å². The molecule has 0 saturated heterocycles. The molecule has 1 N–H and O–H groups in total. The minimum Gasteiger partial charge on any atom is -0.342 e. The van der Waals surface area contributed by atoms with Crippen LogP contribution in [0.1, 0.15) is 33.5 Å². The molecule has 0 unspecified atom stereocenters. The monoisotopic (exact) mass is 230 g/mol. The molecule has 1 heterocycles. The number of rotatable bonds is 4.